The van der Waals surface area contributed by atoms with Crippen LogP contribution >= 0.6 is 0 Å². The summed E-state index contributed by atoms with van der Waals surface area (Å²) in [6, 6.07) is 1.85. The van der Waals surface area contributed by atoms with Crippen LogP contribution in [0.4, 0.5) is 0 Å². The molecule has 2 heterocycles. The van der Waals surface area contributed by atoms with Crippen LogP contribution in [0.25, 0.3) is 0 Å². The van der Waals surface area contributed by atoms with Crippen LogP contribution in [-0.4, -0.2) is 23.5 Å². The molecule has 1 nitrogen and oxygen atoms in total. The molecule has 1 aliphatic carbocycles. The topological polar surface area (TPSA) is 3.24 Å². The Morgan fingerprint density at radius 2 is 1.93 bits per heavy atom. The minimum Gasteiger partial charge on any atom is -0.293 e. The van der Waals surface area contributed by atoms with Crippen molar-refractivity contribution in [2.24, 2.45) is 0 Å². The van der Waals surface area contributed by atoms with E-state index in [9.17, 15) is 0 Å². The van der Waals surface area contributed by atoms with Crippen LogP contribution in [0.2, 0.25) is 0 Å². The Morgan fingerprint density at radius 1 is 1.14 bits per heavy atom. The van der Waals surface area contributed by atoms with Gasteiger partial charge in [0.15, 0.2) is 0 Å². The lowest BCUT2D eigenvalue weighted by Crippen LogP contribution is -2.40. The van der Waals surface area contributed by atoms with Crippen molar-refractivity contribution in [2.75, 3.05) is 6.54 Å². The van der Waals surface area contributed by atoms with E-state index >= 15 is 0 Å². The zero-order valence-electron chi connectivity index (χ0n) is 8.78. The SMILES string of the molecule is C1=CCC(CN2[C@@H]3CCC[C@H]2CC3)=C1. The van der Waals surface area contributed by atoms with Crippen LogP contribution in [-0.2, 0) is 0 Å². The molecule has 0 spiro atoms. The molecule has 2 atom stereocenters. The van der Waals surface area contributed by atoms with E-state index in [4.69, 9.17) is 0 Å². The third-order valence-electron chi connectivity index (χ3n) is 4.08. The fraction of sp³-hybridized carbons (Fsp3) is 0.692. The van der Waals surface area contributed by atoms with Crippen molar-refractivity contribution in [1.82, 2.24) is 4.90 Å². The summed E-state index contributed by atoms with van der Waals surface area (Å²) in [4.78, 5) is 2.78. The minimum absolute atomic E-state index is 0.926. The molecule has 3 aliphatic rings. The van der Waals surface area contributed by atoms with Crippen molar-refractivity contribution >= 4 is 0 Å². The van der Waals surface area contributed by atoms with Crippen molar-refractivity contribution in [2.45, 2.75) is 50.6 Å². The summed E-state index contributed by atoms with van der Waals surface area (Å²) in [6.07, 6.45) is 15.3. The molecule has 0 unspecified atom stereocenters. The van der Waals surface area contributed by atoms with Gasteiger partial charge < -0.3 is 0 Å². The Hall–Kier alpha value is -0.560. The lowest BCUT2D eigenvalue weighted by atomic mass is 10.0. The Bertz CT molecular complexity index is 261. The van der Waals surface area contributed by atoms with E-state index in [2.05, 4.69) is 23.1 Å². The maximum absolute atomic E-state index is 2.78. The van der Waals surface area contributed by atoms with Gasteiger partial charge in [0, 0.05) is 18.6 Å². The van der Waals surface area contributed by atoms with Crippen LogP contribution in [0.15, 0.2) is 23.8 Å². The number of piperidine rings is 1. The average molecular weight is 189 g/mol. The Balaban J connectivity index is 1.67. The summed E-state index contributed by atoms with van der Waals surface area (Å²) < 4.78 is 0. The van der Waals surface area contributed by atoms with Crippen LogP contribution < -0.4 is 0 Å². The first kappa shape index (κ1) is 8.72. The van der Waals surface area contributed by atoms with Gasteiger partial charge in [-0.05, 0) is 32.1 Å². The first-order valence-electron chi connectivity index (χ1n) is 6.04. The third-order valence-corrected chi connectivity index (χ3v) is 4.08. The molecule has 0 radical (unpaired) electrons. The van der Waals surface area contributed by atoms with Crippen molar-refractivity contribution in [3.05, 3.63) is 23.8 Å². The van der Waals surface area contributed by atoms with E-state index in [0.29, 0.717) is 0 Å². The van der Waals surface area contributed by atoms with E-state index in [1.807, 2.05) is 0 Å². The zero-order valence-corrected chi connectivity index (χ0v) is 8.78. The highest BCUT2D eigenvalue weighted by atomic mass is 15.2. The molecule has 0 amide bonds. The number of allylic oxidation sites excluding steroid dienone is 3. The first-order valence-corrected chi connectivity index (χ1v) is 6.04. The summed E-state index contributed by atoms with van der Waals surface area (Å²) in [7, 11) is 0. The van der Waals surface area contributed by atoms with Crippen LogP contribution in [0.1, 0.15) is 38.5 Å². The van der Waals surface area contributed by atoms with Gasteiger partial charge in [-0.25, -0.2) is 0 Å². The largest absolute Gasteiger partial charge is 0.293 e. The summed E-state index contributed by atoms with van der Waals surface area (Å²) >= 11 is 0. The number of fused-ring (bicyclic) bond motifs is 2. The molecule has 3 rings (SSSR count). The van der Waals surface area contributed by atoms with Gasteiger partial charge in [0.25, 0.3) is 0 Å². The highest BCUT2D eigenvalue weighted by molar-refractivity contribution is 5.24. The predicted molar refractivity (Wildman–Crippen MR) is 59.2 cm³/mol. The summed E-state index contributed by atoms with van der Waals surface area (Å²) in [5.74, 6) is 0. The fourth-order valence-corrected chi connectivity index (χ4v) is 3.33. The van der Waals surface area contributed by atoms with Gasteiger partial charge in [0.2, 0.25) is 0 Å². The Labute approximate surface area is 86.5 Å². The standard InChI is InChI=1S/C13H19N/c1-2-5-11(4-1)10-14-12-6-3-7-13(14)9-8-12/h1-2,4,12-13H,3,5-10H2/t12-,13+. The molecule has 0 N–H and O–H groups in total. The van der Waals surface area contributed by atoms with Crippen molar-refractivity contribution in [3.8, 4) is 0 Å². The summed E-state index contributed by atoms with van der Waals surface area (Å²) in [5.41, 5.74) is 1.63. The monoisotopic (exact) mass is 189 g/mol. The van der Waals surface area contributed by atoms with E-state index in [1.54, 1.807) is 5.57 Å². The van der Waals surface area contributed by atoms with Gasteiger partial charge in [-0.15, -0.1) is 0 Å². The number of hydrogen-bond acceptors (Lipinski definition) is 1. The molecule has 0 aromatic carbocycles. The Morgan fingerprint density at radius 3 is 2.57 bits per heavy atom. The minimum atomic E-state index is 0.926. The molecule has 0 saturated carbocycles. The molecule has 0 aromatic rings. The summed E-state index contributed by atoms with van der Waals surface area (Å²) in [5, 5.41) is 0. The maximum Gasteiger partial charge on any atom is 0.0204 e. The second-order valence-electron chi connectivity index (χ2n) is 4.95. The lowest BCUT2D eigenvalue weighted by Gasteiger charge is -2.35. The molecule has 0 aromatic heterocycles. The molecule has 76 valence electrons. The Kier molecular flexibility index (Phi) is 2.21. The highest BCUT2D eigenvalue weighted by Gasteiger charge is 2.36. The van der Waals surface area contributed by atoms with Gasteiger partial charge in [-0.2, -0.15) is 0 Å². The molecular formula is C13H19N. The first-order chi connectivity index (χ1) is 6.93. The van der Waals surface area contributed by atoms with Gasteiger partial charge in [-0.1, -0.05) is 30.2 Å². The zero-order chi connectivity index (χ0) is 9.38. The van der Waals surface area contributed by atoms with Crippen LogP contribution in [0.5, 0.6) is 0 Å². The molecule has 2 aliphatic heterocycles. The molecular weight excluding hydrogens is 170 g/mol. The predicted octanol–water partition coefficient (Wildman–Crippen LogP) is 2.89. The number of rotatable bonds is 2. The summed E-state index contributed by atoms with van der Waals surface area (Å²) in [6.45, 7) is 1.25. The van der Waals surface area contributed by atoms with Gasteiger partial charge >= 0.3 is 0 Å². The second kappa shape index (κ2) is 3.54. The fourth-order valence-electron chi connectivity index (χ4n) is 3.33. The van der Waals surface area contributed by atoms with Gasteiger partial charge in [-0.3, -0.25) is 4.90 Å². The normalized spacial score (nSPS) is 36.4. The van der Waals surface area contributed by atoms with Crippen molar-refractivity contribution in [1.29, 1.82) is 0 Å². The smallest absolute Gasteiger partial charge is 0.0204 e. The maximum atomic E-state index is 2.78. The van der Waals surface area contributed by atoms with E-state index in [0.717, 1.165) is 12.1 Å². The van der Waals surface area contributed by atoms with Crippen LogP contribution in [0.3, 0.4) is 0 Å². The second-order valence-corrected chi connectivity index (χ2v) is 4.95. The number of hydrogen-bond donors (Lipinski definition) is 0. The molecule has 2 saturated heterocycles. The molecule has 14 heavy (non-hydrogen) atoms. The van der Waals surface area contributed by atoms with Crippen molar-refractivity contribution < 1.29 is 0 Å². The molecule has 2 bridgehead atoms. The van der Waals surface area contributed by atoms with Crippen molar-refractivity contribution in [3.63, 3.8) is 0 Å². The van der Waals surface area contributed by atoms with E-state index in [1.165, 1.54) is 45.1 Å². The third kappa shape index (κ3) is 1.44. The lowest BCUT2D eigenvalue weighted by molar-refractivity contribution is 0.153. The average Bonchev–Trinajstić information content (AvgIpc) is 2.75. The quantitative estimate of drug-likeness (QED) is 0.645. The number of nitrogens with zero attached hydrogens (tertiary/aromatic N) is 1. The van der Waals surface area contributed by atoms with E-state index < -0.39 is 0 Å². The highest BCUT2D eigenvalue weighted by Crippen LogP contribution is 2.36. The van der Waals surface area contributed by atoms with Gasteiger partial charge in [0.05, 0.1) is 0 Å². The van der Waals surface area contributed by atoms with Crippen LogP contribution in [0, 0.1) is 0 Å². The van der Waals surface area contributed by atoms with Gasteiger partial charge in [0.1, 0.15) is 0 Å². The molecule has 2 fully saturated rings. The molecule has 1 heteroatoms. The van der Waals surface area contributed by atoms with E-state index in [-0.39, 0.29) is 0 Å².